The lowest BCUT2D eigenvalue weighted by atomic mass is 9.82. The molecule has 1 aromatic heterocycles. The third-order valence-electron chi connectivity index (χ3n) is 6.43. The third-order valence-corrected chi connectivity index (χ3v) is 6.61. The minimum atomic E-state index is 0.239. The number of H-pyrrole nitrogens is 1. The van der Waals surface area contributed by atoms with Crippen LogP contribution < -0.4 is 0 Å². The third kappa shape index (κ3) is 3.24. The van der Waals surface area contributed by atoms with Crippen LogP contribution in [0.25, 0.3) is 11.0 Å². The highest BCUT2D eigenvalue weighted by atomic mass is 35.5. The van der Waals surface area contributed by atoms with E-state index in [9.17, 15) is 0 Å². The van der Waals surface area contributed by atoms with Crippen LogP contribution >= 0.6 is 11.6 Å². The fraction of sp³-hybridized carbons (Fsp3) is 0.571. The van der Waals surface area contributed by atoms with Crippen LogP contribution in [0, 0.1) is 0 Å². The average Bonchev–Trinajstić information content (AvgIpc) is 2.87. The zero-order valence-electron chi connectivity index (χ0n) is 14.9. The molecule has 2 aliphatic rings. The van der Waals surface area contributed by atoms with Crippen LogP contribution in [0.4, 0.5) is 0 Å². The van der Waals surface area contributed by atoms with Crippen molar-refractivity contribution < 1.29 is 0 Å². The topological polar surface area (TPSA) is 31.9 Å². The van der Waals surface area contributed by atoms with E-state index >= 15 is 0 Å². The summed E-state index contributed by atoms with van der Waals surface area (Å²) in [6, 6.07) is 6.41. The summed E-state index contributed by atoms with van der Waals surface area (Å²) in [7, 11) is 0. The van der Waals surface area contributed by atoms with E-state index in [2.05, 4.69) is 45.7 Å². The number of halogens is 1. The Balaban J connectivity index is 1.51. The fourth-order valence-corrected chi connectivity index (χ4v) is 5.17. The van der Waals surface area contributed by atoms with E-state index in [0.29, 0.717) is 11.2 Å². The minimum absolute atomic E-state index is 0.239. The Labute approximate surface area is 155 Å². The Kier molecular flexibility index (Phi) is 4.88. The maximum absolute atomic E-state index is 6.09. The summed E-state index contributed by atoms with van der Waals surface area (Å²) in [4.78, 5) is 10.4. The fourth-order valence-electron chi connectivity index (χ4n) is 4.98. The van der Waals surface area contributed by atoms with Crippen LogP contribution in [0.5, 0.6) is 0 Å². The van der Waals surface area contributed by atoms with Gasteiger partial charge in [0.05, 0.1) is 11.0 Å². The van der Waals surface area contributed by atoms with Gasteiger partial charge in [0, 0.05) is 5.54 Å². The first-order valence-electron chi connectivity index (χ1n) is 9.75. The minimum Gasteiger partial charge on any atom is -0.329 e. The smallest absolute Gasteiger partial charge is 0.201 e. The lowest BCUT2D eigenvalue weighted by molar-refractivity contribution is 0.0838. The van der Waals surface area contributed by atoms with Gasteiger partial charge in [0.15, 0.2) is 0 Å². The van der Waals surface area contributed by atoms with Gasteiger partial charge in [0.25, 0.3) is 0 Å². The Hall–Kier alpha value is -1.32. The molecular weight excluding hydrogens is 330 g/mol. The van der Waals surface area contributed by atoms with Crippen molar-refractivity contribution in [2.45, 2.75) is 62.8 Å². The van der Waals surface area contributed by atoms with Gasteiger partial charge in [-0.15, -0.1) is 6.58 Å². The van der Waals surface area contributed by atoms with Gasteiger partial charge >= 0.3 is 0 Å². The summed E-state index contributed by atoms with van der Waals surface area (Å²) in [5.41, 5.74) is 3.70. The van der Waals surface area contributed by atoms with Crippen molar-refractivity contribution in [3.05, 3.63) is 41.7 Å². The number of fused-ring (bicyclic) bond motifs is 1. The van der Waals surface area contributed by atoms with Crippen molar-refractivity contribution in [1.82, 2.24) is 14.9 Å². The van der Waals surface area contributed by atoms with Crippen molar-refractivity contribution in [3.8, 4) is 0 Å². The molecule has 4 heteroatoms. The van der Waals surface area contributed by atoms with Crippen LogP contribution in [-0.4, -0.2) is 33.5 Å². The monoisotopic (exact) mass is 357 g/mol. The summed E-state index contributed by atoms with van der Waals surface area (Å²) >= 11 is 6.09. The quantitative estimate of drug-likeness (QED) is 0.566. The first-order chi connectivity index (χ1) is 12.2. The van der Waals surface area contributed by atoms with Crippen LogP contribution in [0.3, 0.4) is 0 Å². The maximum atomic E-state index is 6.09. The predicted octanol–water partition coefficient (Wildman–Crippen LogP) is 5.67. The number of nitrogens with one attached hydrogen (secondary N) is 1. The molecule has 0 amide bonds. The van der Waals surface area contributed by atoms with Gasteiger partial charge in [-0.05, 0) is 67.9 Å². The summed E-state index contributed by atoms with van der Waals surface area (Å²) in [5, 5.41) is 0.490. The highest BCUT2D eigenvalue weighted by molar-refractivity contribution is 6.29. The molecule has 25 heavy (non-hydrogen) atoms. The van der Waals surface area contributed by atoms with Crippen LogP contribution in [0.15, 0.2) is 30.9 Å². The Morgan fingerprint density at radius 2 is 1.88 bits per heavy atom. The molecule has 3 nitrogen and oxygen atoms in total. The number of likely N-dealkylation sites (tertiary alicyclic amines) is 1. The number of nitrogens with zero attached hydrogens (tertiary/aromatic N) is 2. The first kappa shape index (κ1) is 17.1. The average molecular weight is 358 g/mol. The summed E-state index contributed by atoms with van der Waals surface area (Å²) in [6.45, 7) is 6.54. The predicted molar refractivity (Wildman–Crippen MR) is 105 cm³/mol. The van der Waals surface area contributed by atoms with Gasteiger partial charge in [0.2, 0.25) is 5.28 Å². The molecule has 0 unspecified atom stereocenters. The molecule has 1 aliphatic heterocycles. The zero-order chi connectivity index (χ0) is 17.3. The Bertz CT molecular complexity index is 735. The molecule has 0 radical (unpaired) electrons. The number of aromatic nitrogens is 2. The SMILES string of the molecule is C=CC1(N2CCC(c3cccc4[nH]c(Cl)nc34)CC2)CCCCCC1. The van der Waals surface area contributed by atoms with Crippen molar-refractivity contribution in [2.24, 2.45) is 0 Å². The number of rotatable bonds is 3. The molecule has 1 N–H and O–H groups in total. The van der Waals surface area contributed by atoms with E-state index < -0.39 is 0 Å². The summed E-state index contributed by atoms with van der Waals surface area (Å²) in [5.74, 6) is 0.576. The molecule has 1 saturated carbocycles. The van der Waals surface area contributed by atoms with Crippen molar-refractivity contribution in [3.63, 3.8) is 0 Å². The number of aromatic amines is 1. The number of piperidine rings is 1. The summed E-state index contributed by atoms with van der Waals surface area (Å²) < 4.78 is 0. The van der Waals surface area contributed by atoms with Crippen molar-refractivity contribution in [2.75, 3.05) is 13.1 Å². The molecule has 0 atom stereocenters. The molecule has 2 heterocycles. The number of para-hydroxylation sites is 1. The van der Waals surface area contributed by atoms with E-state index in [1.54, 1.807) is 0 Å². The molecule has 0 bridgehead atoms. The molecule has 1 aliphatic carbocycles. The van der Waals surface area contributed by atoms with Crippen LogP contribution in [0.1, 0.15) is 62.8 Å². The normalized spacial score (nSPS) is 22.8. The first-order valence-corrected chi connectivity index (χ1v) is 10.1. The zero-order valence-corrected chi connectivity index (χ0v) is 15.7. The molecule has 1 aromatic carbocycles. The van der Waals surface area contributed by atoms with Crippen LogP contribution in [-0.2, 0) is 0 Å². The van der Waals surface area contributed by atoms with E-state index in [4.69, 9.17) is 11.6 Å². The van der Waals surface area contributed by atoms with Gasteiger partial charge < -0.3 is 4.98 Å². The molecular formula is C21H28ClN3. The Morgan fingerprint density at radius 3 is 2.56 bits per heavy atom. The van der Waals surface area contributed by atoms with E-state index in [1.807, 2.05) is 0 Å². The molecule has 2 fully saturated rings. The standard InChI is InChI=1S/C21H28ClN3/c1-2-21(12-5-3-4-6-13-21)25-14-10-16(11-15-25)17-8-7-9-18-19(17)24-20(22)23-18/h2,7-9,16H,1,3-6,10-15H2,(H,23,24). The van der Waals surface area contributed by atoms with E-state index in [1.165, 1.54) is 56.9 Å². The van der Waals surface area contributed by atoms with Gasteiger partial charge in [-0.2, -0.15) is 0 Å². The lowest BCUT2D eigenvalue weighted by Crippen LogP contribution is -2.50. The summed E-state index contributed by atoms with van der Waals surface area (Å²) in [6.07, 6.45) is 12.7. The number of hydrogen-bond donors (Lipinski definition) is 1. The van der Waals surface area contributed by atoms with Gasteiger partial charge in [0.1, 0.15) is 0 Å². The van der Waals surface area contributed by atoms with Gasteiger partial charge in [-0.1, -0.05) is 43.9 Å². The number of benzene rings is 1. The van der Waals surface area contributed by atoms with Crippen molar-refractivity contribution in [1.29, 1.82) is 0 Å². The molecule has 4 rings (SSSR count). The maximum Gasteiger partial charge on any atom is 0.201 e. The number of imidazole rings is 1. The van der Waals surface area contributed by atoms with E-state index in [0.717, 1.165) is 24.1 Å². The highest BCUT2D eigenvalue weighted by Crippen LogP contribution is 2.39. The molecule has 0 spiro atoms. The van der Waals surface area contributed by atoms with Gasteiger partial charge in [-0.3, -0.25) is 4.90 Å². The van der Waals surface area contributed by atoms with Crippen molar-refractivity contribution >= 4 is 22.6 Å². The second kappa shape index (κ2) is 7.13. The largest absolute Gasteiger partial charge is 0.329 e. The van der Waals surface area contributed by atoms with Crippen LogP contribution in [0.2, 0.25) is 5.28 Å². The van der Waals surface area contributed by atoms with Gasteiger partial charge in [-0.25, -0.2) is 4.98 Å². The highest BCUT2D eigenvalue weighted by Gasteiger charge is 2.36. The molecule has 134 valence electrons. The Morgan fingerprint density at radius 1 is 1.16 bits per heavy atom. The lowest BCUT2D eigenvalue weighted by Gasteiger charge is -2.45. The second-order valence-corrected chi connectivity index (χ2v) is 8.11. The molecule has 1 saturated heterocycles. The molecule has 2 aromatic rings. The van der Waals surface area contributed by atoms with E-state index in [-0.39, 0.29) is 5.54 Å². The second-order valence-electron chi connectivity index (χ2n) is 7.75. The number of hydrogen-bond acceptors (Lipinski definition) is 2.